The van der Waals surface area contributed by atoms with E-state index in [-0.39, 0.29) is 7.92 Å². The minimum absolute atomic E-state index is 0.212. The van der Waals surface area contributed by atoms with Crippen molar-refractivity contribution < 1.29 is 0 Å². The first-order chi connectivity index (χ1) is 4.09. The zero-order valence-electron chi connectivity index (χ0n) is 7.02. The quantitative estimate of drug-likeness (QED) is 0.535. The summed E-state index contributed by atoms with van der Waals surface area (Å²) in [7, 11) is 0.212. The van der Waals surface area contributed by atoms with E-state index >= 15 is 0 Å². The summed E-state index contributed by atoms with van der Waals surface area (Å²) in [5.41, 5.74) is 1.72. The van der Waals surface area contributed by atoms with Crippen molar-refractivity contribution in [1.82, 2.24) is 0 Å². The van der Waals surface area contributed by atoms with Crippen LogP contribution >= 0.6 is 7.92 Å². The van der Waals surface area contributed by atoms with Gasteiger partial charge in [-0.15, -0.1) is 7.92 Å². The standard InChI is InChI=1S/C8H18P/c1-6-9(7(2)3)8(4)5/h7-8H,1,6H2,2-5H3. The van der Waals surface area contributed by atoms with Gasteiger partial charge < -0.3 is 0 Å². The molecule has 0 fully saturated rings. The van der Waals surface area contributed by atoms with Crippen molar-refractivity contribution in [3.05, 3.63) is 6.92 Å². The smallest absolute Gasteiger partial charge is 0.0264 e. The molecule has 55 valence electrons. The largest absolute Gasteiger partial charge is 0.101 e. The highest BCUT2D eigenvalue weighted by Gasteiger charge is 2.12. The fourth-order valence-corrected chi connectivity index (χ4v) is 3.34. The van der Waals surface area contributed by atoms with E-state index in [1.54, 1.807) is 0 Å². The summed E-state index contributed by atoms with van der Waals surface area (Å²) < 4.78 is 0. The number of rotatable bonds is 3. The molecule has 0 aliphatic carbocycles. The molecule has 0 saturated carbocycles. The molecular formula is C8H18P. The van der Waals surface area contributed by atoms with Gasteiger partial charge in [-0.25, -0.2) is 0 Å². The summed E-state index contributed by atoms with van der Waals surface area (Å²) in [5.74, 6) is 0. The fourth-order valence-electron chi connectivity index (χ4n) is 1.11. The molecule has 0 aliphatic rings. The minimum Gasteiger partial charge on any atom is -0.101 e. The van der Waals surface area contributed by atoms with Crippen molar-refractivity contribution >= 4 is 7.92 Å². The Morgan fingerprint density at radius 2 is 1.44 bits per heavy atom. The van der Waals surface area contributed by atoms with Gasteiger partial charge in [0.1, 0.15) is 0 Å². The Balaban J connectivity index is 3.68. The molecule has 1 radical (unpaired) electrons. The molecule has 9 heavy (non-hydrogen) atoms. The number of hydrogen-bond acceptors (Lipinski definition) is 0. The van der Waals surface area contributed by atoms with E-state index in [0.29, 0.717) is 0 Å². The summed E-state index contributed by atoms with van der Waals surface area (Å²) in [6.45, 7) is 13.2. The van der Waals surface area contributed by atoms with Gasteiger partial charge >= 0.3 is 0 Å². The first-order valence-corrected chi connectivity index (χ1v) is 5.31. The summed E-state index contributed by atoms with van der Waals surface area (Å²) in [4.78, 5) is 0. The van der Waals surface area contributed by atoms with Crippen molar-refractivity contribution in [2.75, 3.05) is 6.16 Å². The highest BCUT2D eigenvalue weighted by atomic mass is 31.1. The molecule has 0 spiro atoms. The summed E-state index contributed by atoms with van der Waals surface area (Å²) >= 11 is 0. The van der Waals surface area contributed by atoms with Crippen LogP contribution < -0.4 is 0 Å². The molecule has 0 nitrogen and oxygen atoms in total. The molecular weight excluding hydrogens is 127 g/mol. The van der Waals surface area contributed by atoms with Gasteiger partial charge in [-0.3, -0.25) is 0 Å². The third-order valence-corrected chi connectivity index (χ3v) is 4.75. The van der Waals surface area contributed by atoms with Gasteiger partial charge in [-0.05, 0) is 24.4 Å². The maximum absolute atomic E-state index is 3.96. The molecule has 0 N–H and O–H groups in total. The lowest BCUT2D eigenvalue weighted by Gasteiger charge is -2.23. The van der Waals surface area contributed by atoms with E-state index in [9.17, 15) is 0 Å². The Morgan fingerprint density at radius 1 is 1.11 bits per heavy atom. The van der Waals surface area contributed by atoms with E-state index in [4.69, 9.17) is 0 Å². The van der Waals surface area contributed by atoms with E-state index < -0.39 is 0 Å². The molecule has 0 atom stereocenters. The monoisotopic (exact) mass is 145 g/mol. The lowest BCUT2D eigenvalue weighted by molar-refractivity contribution is 1.01. The first kappa shape index (κ1) is 9.43. The molecule has 0 rings (SSSR count). The average Bonchev–Trinajstić information content (AvgIpc) is 1.64. The lowest BCUT2D eigenvalue weighted by Crippen LogP contribution is -2.04. The topological polar surface area (TPSA) is 0 Å². The zero-order chi connectivity index (χ0) is 7.44. The van der Waals surface area contributed by atoms with Crippen LogP contribution in [0.1, 0.15) is 27.7 Å². The third kappa shape index (κ3) is 3.20. The van der Waals surface area contributed by atoms with Gasteiger partial charge in [0.25, 0.3) is 0 Å². The van der Waals surface area contributed by atoms with E-state index in [2.05, 4.69) is 34.6 Å². The van der Waals surface area contributed by atoms with Crippen molar-refractivity contribution in [3.63, 3.8) is 0 Å². The van der Waals surface area contributed by atoms with Crippen LogP contribution in [0.4, 0.5) is 0 Å². The fraction of sp³-hybridized carbons (Fsp3) is 0.875. The van der Waals surface area contributed by atoms with E-state index in [0.717, 1.165) is 17.5 Å². The van der Waals surface area contributed by atoms with Crippen LogP contribution in [-0.4, -0.2) is 17.5 Å². The Labute approximate surface area is 60.8 Å². The van der Waals surface area contributed by atoms with Crippen LogP contribution in [0.25, 0.3) is 0 Å². The molecule has 0 bridgehead atoms. The third-order valence-electron chi connectivity index (χ3n) is 1.58. The average molecular weight is 145 g/mol. The Hall–Kier alpha value is 0.430. The summed E-state index contributed by atoms with van der Waals surface area (Å²) in [6.07, 6.45) is 1.14. The van der Waals surface area contributed by atoms with Crippen LogP contribution in [0.5, 0.6) is 0 Å². The van der Waals surface area contributed by atoms with Crippen LogP contribution in [0.15, 0.2) is 0 Å². The van der Waals surface area contributed by atoms with Gasteiger partial charge in [0.2, 0.25) is 0 Å². The second-order valence-corrected chi connectivity index (χ2v) is 6.47. The molecule has 0 saturated heterocycles. The molecule has 0 aromatic carbocycles. The van der Waals surface area contributed by atoms with E-state index in [1.807, 2.05) is 0 Å². The Morgan fingerprint density at radius 3 is 1.44 bits per heavy atom. The molecule has 1 heteroatoms. The predicted molar refractivity (Wildman–Crippen MR) is 47.4 cm³/mol. The van der Waals surface area contributed by atoms with Crippen LogP contribution in [0.2, 0.25) is 0 Å². The van der Waals surface area contributed by atoms with Gasteiger partial charge in [0.15, 0.2) is 0 Å². The normalized spacial score (nSPS) is 12.0. The zero-order valence-corrected chi connectivity index (χ0v) is 7.91. The second kappa shape index (κ2) is 4.28. The molecule has 0 heterocycles. The lowest BCUT2D eigenvalue weighted by atomic mass is 10.5. The molecule has 0 unspecified atom stereocenters. The Kier molecular flexibility index (Phi) is 4.48. The predicted octanol–water partition coefficient (Wildman–Crippen LogP) is 3.12. The highest BCUT2D eigenvalue weighted by molar-refractivity contribution is 7.59. The van der Waals surface area contributed by atoms with Gasteiger partial charge in [0, 0.05) is 0 Å². The van der Waals surface area contributed by atoms with Gasteiger partial charge in [0.05, 0.1) is 0 Å². The SMILES string of the molecule is [CH2]CP(C(C)C)C(C)C. The second-order valence-electron chi connectivity index (χ2n) is 2.93. The number of hydrogen-bond donors (Lipinski definition) is 0. The Bertz CT molecular complexity index is 59.0. The summed E-state index contributed by atoms with van der Waals surface area (Å²) in [6, 6.07) is 0. The van der Waals surface area contributed by atoms with Gasteiger partial charge in [-0.1, -0.05) is 27.7 Å². The maximum Gasteiger partial charge on any atom is -0.0264 e. The molecule has 0 aromatic heterocycles. The van der Waals surface area contributed by atoms with Crippen molar-refractivity contribution in [2.24, 2.45) is 0 Å². The van der Waals surface area contributed by atoms with Gasteiger partial charge in [-0.2, -0.15) is 0 Å². The molecule has 0 aliphatic heterocycles. The maximum atomic E-state index is 3.96. The van der Waals surface area contributed by atoms with Crippen molar-refractivity contribution in [1.29, 1.82) is 0 Å². The highest BCUT2D eigenvalue weighted by Crippen LogP contribution is 2.44. The van der Waals surface area contributed by atoms with Crippen molar-refractivity contribution in [2.45, 2.75) is 39.0 Å². The summed E-state index contributed by atoms with van der Waals surface area (Å²) in [5, 5.41) is 0. The molecule has 0 aromatic rings. The van der Waals surface area contributed by atoms with E-state index in [1.165, 1.54) is 0 Å². The van der Waals surface area contributed by atoms with Crippen LogP contribution in [0, 0.1) is 6.92 Å². The first-order valence-electron chi connectivity index (χ1n) is 3.64. The minimum atomic E-state index is 0.212. The van der Waals surface area contributed by atoms with Crippen LogP contribution in [0.3, 0.4) is 0 Å². The van der Waals surface area contributed by atoms with Crippen LogP contribution in [-0.2, 0) is 0 Å². The molecule has 0 amide bonds. The van der Waals surface area contributed by atoms with Crippen molar-refractivity contribution in [3.8, 4) is 0 Å².